The van der Waals surface area contributed by atoms with Crippen molar-refractivity contribution >= 4 is 17.8 Å². The molecule has 0 saturated heterocycles. The number of carboxylic acids is 1. The Morgan fingerprint density at radius 2 is 2.04 bits per heavy atom. The van der Waals surface area contributed by atoms with Gasteiger partial charge in [-0.1, -0.05) is 50.3 Å². The van der Waals surface area contributed by atoms with Gasteiger partial charge in [-0.05, 0) is 30.0 Å². The number of fused-ring (bicyclic) bond motifs is 1. The van der Waals surface area contributed by atoms with Crippen LogP contribution in [-0.4, -0.2) is 21.4 Å². The normalized spacial score (nSPS) is 16.0. The number of carboxylic acid groups (broad SMARTS) is 1. The van der Waals surface area contributed by atoms with E-state index in [1.165, 1.54) is 0 Å². The van der Waals surface area contributed by atoms with E-state index in [1.807, 2.05) is 22.8 Å². The van der Waals surface area contributed by atoms with Crippen LogP contribution >= 0.6 is 0 Å². The minimum absolute atomic E-state index is 0.0358. The highest BCUT2D eigenvalue weighted by atomic mass is 16.4. The first-order chi connectivity index (χ1) is 11.6. The summed E-state index contributed by atoms with van der Waals surface area (Å²) in [5.74, 6) is -1.36. The summed E-state index contributed by atoms with van der Waals surface area (Å²) in [6, 6.07) is 9.26. The fourth-order valence-electron chi connectivity index (χ4n) is 3.45. The second-order valence-electron chi connectivity index (χ2n) is 6.18. The molecule has 0 bridgehead atoms. The second-order valence-corrected chi connectivity index (χ2v) is 6.18. The van der Waals surface area contributed by atoms with Crippen LogP contribution in [0.15, 0.2) is 36.9 Å². The van der Waals surface area contributed by atoms with E-state index in [2.05, 4.69) is 13.5 Å². The van der Waals surface area contributed by atoms with Crippen LogP contribution in [0.4, 0.5) is 0 Å². The lowest BCUT2D eigenvalue weighted by molar-refractivity contribution is -0.138. The van der Waals surface area contributed by atoms with Gasteiger partial charge in [-0.25, -0.2) is 0 Å². The first-order valence-corrected chi connectivity index (χ1v) is 8.29. The largest absolute Gasteiger partial charge is 0.481 e. The van der Waals surface area contributed by atoms with Gasteiger partial charge in [0.15, 0.2) is 0 Å². The molecule has 2 heterocycles. The molecule has 4 heteroatoms. The standard InChI is InChI=1S/C20H21NO3/c1-3-5-15-12-17-16(20(23)24)10-11-21(17)18(15)19(22)14-8-6-13(4-2)7-9-14/h4,6-9,12,16H,2-3,5,10-11H2,1H3,(H,23,24). The molecule has 0 spiro atoms. The van der Waals surface area contributed by atoms with E-state index in [1.54, 1.807) is 18.2 Å². The van der Waals surface area contributed by atoms with E-state index in [9.17, 15) is 14.7 Å². The van der Waals surface area contributed by atoms with Crippen molar-refractivity contribution in [1.82, 2.24) is 4.57 Å². The highest BCUT2D eigenvalue weighted by molar-refractivity contribution is 6.09. The summed E-state index contributed by atoms with van der Waals surface area (Å²) >= 11 is 0. The fourth-order valence-corrected chi connectivity index (χ4v) is 3.45. The molecule has 1 aromatic carbocycles. The second kappa shape index (κ2) is 6.48. The number of aromatic nitrogens is 1. The molecule has 0 amide bonds. The minimum atomic E-state index is -0.816. The Morgan fingerprint density at radius 3 is 2.62 bits per heavy atom. The van der Waals surface area contributed by atoms with E-state index in [-0.39, 0.29) is 5.78 Å². The van der Waals surface area contributed by atoms with Gasteiger partial charge in [0.25, 0.3) is 0 Å². The number of benzene rings is 1. The SMILES string of the molecule is C=Cc1ccc(C(=O)c2c(CCC)cc3n2CCC3C(=O)O)cc1. The van der Waals surface area contributed by atoms with E-state index < -0.39 is 11.9 Å². The van der Waals surface area contributed by atoms with Gasteiger partial charge >= 0.3 is 5.97 Å². The van der Waals surface area contributed by atoms with Crippen molar-refractivity contribution in [2.24, 2.45) is 0 Å². The van der Waals surface area contributed by atoms with Crippen LogP contribution in [0.25, 0.3) is 6.08 Å². The van der Waals surface area contributed by atoms with Gasteiger partial charge in [0, 0.05) is 17.8 Å². The molecule has 0 radical (unpaired) electrons. The lowest BCUT2D eigenvalue weighted by Crippen LogP contribution is -2.11. The predicted octanol–water partition coefficient (Wildman–Crippen LogP) is 3.89. The average Bonchev–Trinajstić information content (AvgIpc) is 3.13. The molecule has 3 rings (SSSR count). The van der Waals surface area contributed by atoms with E-state index >= 15 is 0 Å². The fraction of sp³-hybridized carbons (Fsp3) is 0.300. The van der Waals surface area contributed by atoms with Gasteiger partial charge < -0.3 is 9.67 Å². The first-order valence-electron chi connectivity index (χ1n) is 8.29. The molecular formula is C20H21NO3. The van der Waals surface area contributed by atoms with E-state index in [0.29, 0.717) is 24.2 Å². The van der Waals surface area contributed by atoms with Gasteiger partial charge in [0.05, 0.1) is 11.6 Å². The lowest BCUT2D eigenvalue weighted by Gasteiger charge is -2.09. The molecule has 1 unspecified atom stereocenters. The smallest absolute Gasteiger partial charge is 0.312 e. The zero-order chi connectivity index (χ0) is 17.3. The molecule has 0 fully saturated rings. The Hall–Kier alpha value is -2.62. The number of nitrogens with zero attached hydrogens (tertiary/aromatic N) is 1. The molecule has 124 valence electrons. The molecule has 1 N–H and O–H groups in total. The maximum absolute atomic E-state index is 13.0. The quantitative estimate of drug-likeness (QED) is 0.821. The third kappa shape index (κ3) is 2.68. The van der Waals surface area contributed by atoms with Gasteiger partial charge in [0.1, 0.15) is 0 Å². The van der Waals surface area contributed by atoms with Gasteiger partial charge in [0.2, 0.25) is 5.78 Å². The van der Waals surface area contributed by atoms with Crippen LogP contribution in [0.1, 0.15) is 58.6 Å². The van der Waals surface area contributed by atoms with E-state index in [4.69, 9.17) is 0 Å². The minimum Gasteiger partial charge on any atom is -0.481 e. The summed E-state index contributed by atoms with van der Waals surface area (Å²) in [6.45, 7) is 6.37. The number of rotatable bonds is 6. The summed E-state index contributed by atoms with van der Waals surface area (Å²) in [7, 11) is 0. The van der Waals surface area contributed by atoms with Gasteiger partial charge in [-0.15, -0.1) is 0 Å². The molecule has 0 aliphatic carbocycles. The zero-order valence-corrected chi connectivity index (χ0v) is 13.8. The van der Waals surface area contributed by atoms with Crippen LogP contribution in [0.2, 0.25) is 0 Å². The Labute approximate surface area is 141 Å². The van der Waals surface area contributed by atoms with Gasteiger partial charge in [-0.3, -0.25) is 9.59 Å². The Morgan fingerprint density at radius 1 is 1.33 bits per heavy atom. The number of hydrogen-bond acceptors (Lipinski definition) is 2. The van der Waals surface area contributed by atoms with Crippen LogP contribution in [0, 0.1) is 0 Å². The van der Waals surface area contributed by atoms with Gasteiger partial charge in [-0.2, -0.15) is 0 Å². The Bertz CT molecular complexity index is 799. The maximum Gasteiger partial charge on any atom is 0.312 e. The van der Waals surface area contributed by atoms with Crippen molar-refractivity contribution in [3.8, 4) is 0 Å². The van der Waals surface area contributed by atoms with Crippen molar-refractivity contribution in [3.05, 3.63) is 65.0 Å². The molecule has 1 aromatic heterocycles. The lowest BCUT2D eigenvalue weighted by atomic mass is 9.99. The molecule has 1 aliphatic heterocycles. The summed E-state index contributed by atoms with van der Waals surface area (Å²) < 4.78 is 1.91. The number of carbonyl (C=O) groups excluding carboxylic acids is 1. The predicted molar refractivity (Wildman–Crippen MR) is 93.4 cm³/mol. The highest BCUT2D eigenvalue weighted by Gasteiger charge is 2.33. The van der Waals surface area contributed by atoms with Crippen molar-refractivity contribution in [1.29, 1.82) is 0 Å². The van der Waals surface area contributed by atoms with Crippen molar-refractivity contribution in [3.63, 3.8) is 0 Å². The summed E-state index contributed by atoms with van der Waals surface area (Å²) in [5.41, 5.74) is 3.96. The molecular weight excluding hydrogens is 302 g/mol. The zero-order valence-electron chi connectivity index (χ0n) is 13.8. The topological polar surface area (TPSA) is 59.3 Å². The summed E-state index contributed by atoms with van der Waals surface area (Å²) in [6.07, 6.45) is 3.98. The Kier molecular flexibility index (Phi) is 4.38. The number of hydrogen-bond donors (Lipinski definition) is 1. The van der Waals surface area contributed by atoms with Crippen LogP contribution in [-0.2, 0) is 17.8 Å². The highest BCUT2D eigenvalue weighted by Crippen LogP contribution is 2.34. The van der Waals surface area contributed by atoms with Crippen LogP contribution in [0.3, 0.4) is 0 Å². The molecule has 24 heavy (non-hydrogen) atoms. The van der Waals surface area contributed by atoms with Crippen molar-refractivity contribution in [2.45, 2.75) is 38.6 Å². The average molecular weight is 323 g/mol. The molecule has 4 nitrogen and oxygen atoms in total. The van der Waals surface area contributed by atoms with Crippen molar-refractivity contribution < 1.29 is 14.7 Å². The molecule has 1 aliphatic rings. The maximum atomic E-state index is 13.0. The summed E-state index contributed by atoms with van der Waals surface area (Å²) in [5, 5.41) is 9.40. The van der Waals surface area contributed by atoms with Crippen molar-refractivity contribution in [2.75, 3.05) is 0 Å². The number of aliphatic carboxylic acids is 1. The Balaban J connectivity index is 2.05. The first kappa shape index (κ1) is 16.2. The summed E-state index contributed by atoms with van der Waals surface area (Å²) in [4.78, 5) is 24.5. The molecule has 1 atom stereocenters. The number of carbonyl (C=O) groups is 2. The number of ketones is 1. The molecule has 0 saturated carbocycles. The molecule has 2 aromatic rings. The third-order valence-corrected chi connectivity index (χ3v) is 4.65. The monoisotopic (exact) mass is 323 g/mol. The van der Waals surface area contributed by atoms with Crippen LogP contribution in [0.5, 0.6) is 0 Å². The van der Waals surface area contributed by atoms with E-state index in [0.717, 1.165) is 29.7 Å². The third-order valence-electron chi connectivity index (χ3n) is 4.65. The van der Waals surface area contributed by atoms with Crippen LogP contribution < -0.4 is 0 Å². The number of aryl methyl sites for hydroxylation is 1.